The fourth-order valence-corrected chi connectivity index (χ4v) is 7.65. The van der Waals surface area contributed by atoms with Crippen LogP contribution in [-0.4, -0.2) is 84.5 Å². The van der Waals surface area contributed by atoms with Gasteiger partial charge in [-0.25, -0.2) is 9.78 Å². The van der Waals surface area contributed by atoms with Gasteiger partial charge in [0.2, 0.25) is 0 Å². The van der Waals surface area contributed by atoms with Crippen LogP contribution in [0.2, 0.25) is 0 Å². The number of nitrogen functional groups attached to an aromatic ring is 1. The highest BCUT2D eigenvalue weighted by Crippen LogP contribution is 2.45. The number of aromatic nitrogens is 2. The number of hydrogen-bond donors (Lipinski definition) is 5. The molecule has 2 aromatic rings. The Kier molecular flexibility index (Phi) is 9.13. The Labute approximate surface area is 233 Å². The first-order valence-corrected chi connectivity index (χ1v) is 14.8. The minimum Gasteiger partial charge on any atom is -0.477 e. The number of nitrogens with zero attached hydrogens (tertiary/aromatic N) is 5. The van der Waals surface area contributed by atoms with Gasteiger partial charge in [0.25, 0.3) is 11.8 Å². The Morgan fingerprint density at radius 2 is 2.21 bits per heavy atom. The molecule has 17 heteroatoms. The summed E-state index contributed by atoms with van der Waals surface area (Å²) in [6.45, 7) is 0.592. The number of rotatable bonds is 11. The number of carboxylic acids is 1. The van der Waals surface area contributed by atoms with Gasteiger partial charge in [-0.05, 0) is 11.6 Å². The van der Waals surface area contributed by atoms with Gasteiger partial charge in [-0.1, -0.05) is 16.9 Å². The van der Waals surface area contributed by atoms with Crippen LogP contribution in [0.3, 0.4) is 0 Å². The van der Waals surface area contributed by atoms with Crippen molar-refractivity contribution < 1.29 is 24.7 Å². The smallest absolute Gasteiger partial charge is 0.353 e. The molecule has 13 nitrogen and oxygen atoms in total. The van der Waals surface area contributed by atoms with Crippen molar-refractivity contribution in [3.63, 3.8) is 0 Å². The van der Waals surface area contributed by atoms with Crippen LogP contribution in [0.5, 0.6) is 0 Å². The number of pyridine rings is 1. The molecule has 0 aliphatic carbocycles. The van der Waals surface area contributed by atoms with E-state index in [0.717, 1.165) is 27.5 Å². The summed E-state index contributed by atoms with van der Waals surface area (Å²) in [6.07, 6.45) is 4.63. The number of hydrogen-bond acceptors (Lipinski definition) is 13. The number of thiazole rings is 1. The van der Waals surface area contributed by atoms with E-state index in [1.807, 2.05) is 6.07 Å². The minimum absolute atomic E-state index is 0.0654. The third kappa shape index (κ3) is 5.90. The number of thioether (sulfide) groups is 3. The second-order valence-electron chi connectivity index (χ2n) is 7.65. The monoisotopic (exact) mass is 594 g/mol. The van der Waals surface area contributed by atoms with Crippen LogP contribution in [0, 0.1) is 0 Å². The topological polar surface area (TPSA) is 209 Å². The summed E-state index contributed by atoms with van der Waals surface area (Å²) in [7, 11) is 0. The first-order chi connectivity index (χ1) is 18.3. The molecular formula is C21H22N8O5S4. The van der Waals surface area contributed by atoms with E-state index in [1.54, 1.807) is 24.2 Å². The highest BCUT2D eigenvalue weighted by molar-refractivity contribution is 8.06. The highest BCUT2D eigenvalue weighted by Gasteiger charge is 2.54. The molecule has 2 atom stereocenters. The van der Waals surface area contributed by atoms with Crippen LogP contribution in [-0.2, 0) is 20.1 Å². The molecule has 0 radical (unpaired) electrons. The maximum Gasteiger partial charge on any atom is 0.353 e. The molecule has 200 valence electrons. The molecular weight excluding hydrogens is 573 g/mol. The molecule has 4 heterocycles. The maximum atomic E-state index is 13.0. The molecule has 0 spiro atoms. The summed E-state index contributed by atoms with van der Waals surface area (Å²) in [5.74, 6) is -0.910. The zero-order chi connectivity index (χ0) is 27.2. The van der Waals surface area contributed by atoms with Crippen molar-refractivity contribution in [2.24, 2.45) is 15.9 Å². The molecule has 2 amide bonds. The van der Waals surface area contributed by atoms with Gasteiger partial charge in [-0.15, -0.1) is 23.1 Å². The normalized spacial score (nSPS) is 19.4. The summed E-state index contributed by atoms with van der Waals surface area (Å²) in [5.41, 5.74) is 11.3. The van der Waals surface area contributed by atoms with E-state index in [-0.39, 0.29) is 16.5 Å². The number of β-lactam (4-membered cyclic amide) rings is 1. The zero-order valence-electron chi connectivity index (χ0n) is 19.5. The summed E-state index contributed by atoms with van der Waals surface area (Å²) in [4.78, 5) is 52.6. The third-order valence-electron chi connectivity index (χ3n) is 5.32. The number of anilines is 1. The number of nitrogens with one attached hydrogen (secondary N) is 1. The van der Waals surface area contributed by atoms with Gasteiger partial charge in [0.15, 0.2) is 10.8 Å². The number of nitrogens with two attached hydrogens (primary N) is 2. The second-order valence-corrected chi connectivity index (χ2v) is 11.9. The van der Waals surface area contributed by atoms with E-state index in [1.165, 1.54) is 40.1 Å². The lowest BCUT2D eigenvalue weighted by Crippen LogP contribution is -2.71. The zero-order valence-corrected chi connectivity index (χ0v) is 22.8. The molecule has 0 saturated carbocycles. The second kappa shape index (κ2) is 12.5. The van der Waals surface area contributed by atoms with Crippen molar-refractivity contribution in [1.82, 2.24) is 20.2 Å². The number of aliphatic carboxylic acids is 1. The first kappa shape index (κ1) is 27.7. The van der Waals surface area contributed by atoms with E-state index in [9.17, 15) is 24.7 Å². The minimum atomic E-state index is -1.24. The quantitative estimate of drug-likeness (QED) is 0.0616. The van der Waals surface area contributed by atoms with E-state index in [2.05, 4.69) is 25.4 Å². The number of carboxylic acid groups (broad SMARTS) is 1. The highest BCUT2D eigenvalue weighted by atomic mass is 32.2. The third-order valence-corrected chi connectivity index (χ3v) is 9.65. The van der Waals surface area contributed by atoms with Gasteiger partial charge in [0.05, 0.1) is 6.34 Å². The first-order valence-electron chi connectivity index (χ1n) is 10.9. The largest absolute Gasteiger partial charge is 0.477 e. The van der Waals surface area contributed by atoms with Crippen LogP contribution in [0.25, 0.3) is 0 Å². The number of carbonyl (C=O) groups is 3. The van der Waals surface area contributed by atoms with Gasteiger partial charge < -0.3 is 27.1 Å². The lowest BCUT2D eigenvalue weighted by molar-refractivity contribution is -0.150. The molecule has 0 unspecified atom stereocenters. The number of fused-ring (bicyclic) bond motifs is 1. The molecule has 2 aliphatic heterocycles. The number of carbonyl (C=O) groups excluding carboxylic acids is 2. The van der Waals surface area contributed by atoms with E-state index in [0.29, 0.717) is 23.0 Å². The standard InChI is InChI=1S/C21H22N8O5S4/c22-9-25-3-4-35-6-10-5-24-2-1-12(10)38-13-8-36-19-15(18(31)29(19)16(13)20(32)33)27-17(30)14(28-34)11-7-37-21(23)26-11/h1-2,5,7,9,15,19,34H,3-4,6,8H2,(H2,22,25)(H2,23,26)(H,27,30)(H,32,33)/b28-14-/t15-,19+/m1/s1. The Morgan fingerprint density at radius 1 is 1.39 bits per heavy atom. The summed E-state index contributed by atoms with van der Waals surface area (Å²) in [6, 6.07) is 0.814. The SMILES string of the molecule is NC=NCCSCc1cnccc1SC1=C(C(=O)O)N2C(=O)[C@@H](NC(=O)/C(=N\O)c3csc(N)n3)[C@@H]2SC1. The number of aliphatic imine (C=N–C) groups is 1. The van der Waals surface area contributed by atoms with Gasteiger partial charge in [0.1, 0.15) is 22.8 Å². The molecule has 0 aromatic carbocycles. The van der Waals surface area contributed by atoms with Crippen LogP contribution in [0.4, 0.5) is 5.13 Å². The molecule has 2 aromatic heterocycles. The number of oxime groups is 1. The Hall–Kier alpha value is -3.28. The summed E-state index contributed by atoms with van der Waals surface area (Å²) >= 11 is 5.33. The molecule has 0 bridgehead atoms. The van der Waals surface area contributed by atoms with Gasteiger partial charge in [-0.3, -0.25) is 24.5 Å². The van der Waals surface area contributed by atoms with Gasteiger partial charge >= 0.3 is 5.97 Å². The van der Waals surface area contributed by atoms with Crippen molar-refractivity contribution in [1.29, 1.82) is 0 Å². The summed E-state index contributed by atoms with van der Waals surface area (Å²) < 4.78 is 0. The van der Waals surface area contributed by atoms with Gasteiger partial charge in [-0.2, -0.15) is 11.8 Å². The van der Waals surface area contributed by atoms with E-state index in [4.69, 9.17) is 11.5 Å². The van der Waals surface area contributed by atoms with Crippen LogP contribution >= 0.6 is 46.6 Å². The van der Waals surface area contributed by atoms with Crippen LogP contribution in [0.15, 0.2) is 49.5 Å². The van der Waals surface area contributed by atoms with Crippen molar-refractivity contribution in [2.75, 3.05) is 23.8 Å². The fraction of sp³-hybridized carbons (Fsp3) is 0.286. The van der Waals surface area contributed by atoms with Crippen LogP contribution in [0.1, 0.15) is 11.3 Å². The van der Waals surface area contributed by atoms with E-state index < -0.39 is 34.9 Å². The predicted octanol–water partition coefficient (Wildman–Crippen LogP) is 1.01. The molecule has 1 fully saturated rings. The molecule has 7 N–H and O–H groups in total. The predicted molar refractivity (Wildman–Crippen MR) is 148 cm³/mol. The molecule has 2 aliphatic rings. The fourth-order valence-electron chi connectivity index (χ4n) is 3.62. The van der Waals surface area contributed by atoms with Crippen molar-refractivity contribution in [3.8, 4) is 0 Å². The van der Waals surface area contributed by atoms with Crippen LogP contribution < -0.4 is 16.8 Å². The lowest BCUT2D eigenvalue weighted by atomic mass is 10.0. The maximum absolute atomic E-state index is 13.0. The number of amides is 2. The Morgan fingerprint density at radius 3 is 2.89 bits per heavy atom. The van der Waals surface area contributed by atoms with Crippen molar-refractivity contribution in [3.05, 3.63) is 45.7 Å². The summed E-state index contributed by atoms with van der Waals surface area (Å²) in [5, 5.41) is 25.8. The lowest BCUT2D eigenvalue weighted by Gasteiger charge is -2.49. The average molecular weight is 595 g/mol. The van der Waals surface area contributed by atoms with Crippen molar-refractivity contribution in [2.45, 2.75) is 22.1 Å². The molecule has 38 heavy (non-hydrogen) atoms. The van der Waals surface area contributed by atoms with Gasteiger partial charge in [0, 0.05) is 51.4 Å². The molecule has 4 rings (SSSR count). The van der Waals surface area contributed by atoms with Crippen molar-refractivity contribution >= 4 is 81.6 Å². The van der Waals surface area contributed by atoms with E-state index >= 15 is 0 Å². The Bertz CT molecular complexity index is 1330. The average Bonchev–Trinajstić information content (AvgIpc) is 3.33. The molecule has 1 saturated heterocycles. The Balaban J connectivity index is 1.48.